The molecule has 4 rings (SSSR count). The zero-order valence-corrected chi connectivity index (χ0v) is 17.0. The lowest BCUT2D eigenvalue weighted by molar-refractivity contribution is -0.188. The zero-order chi connectivity index (χ0) is 21.2. The van der Waals surface area contributed by atoms with Crippen molar-refractivity contribution in [1.82, 2.24) is 15.6 Å². The second kappa shape index (κ2) is 8.14. The summed E-state index contributed by atoms with van der Waals surface area (Å²) in [7, 11) is 0. The molecular formula is C22H25N3O5. The van der Waals surface area contributed by atoms with Crippen LogP contribution in [0, 0.1) is 0 Å². The van der Waals surface area contributed by atoms with Gasteiger partial charge in [0.15, 0.2) is 5.79 Å². The molecule has 3 atom stereocenters. The molecule has 0 spiro atoms. The van der Waals surface area contributed by atoms with Crippen LogP contribution in [-0.2, 0) is 14.2 Å². The number of aromatic nitrogens is 1. The first-order valence-electron chi connectivity index (χ1n) is 9.90. The van der Waals surface area contributed by atoms with Crippen molar-refractivity contribution in [3.8, 4) is 0 Å². The highest BCUT2D eigenvalue weighted by atomic mass is 16.8. The Morgan fingerprint density at radius 2 is 1.70 bits per heavy atom. The number of rotatable bonds is 6. The van der Waals surface area contributed by atoms with E-state index in [9.17, 15) is 9.59 Å². The van der Waals surface area contributed by atoms with Crippen LogP contribution in [0.5, 0.6) is 0 Å². The second-order valence-electron chi connectivity index (χ2n) is 7.95. The molecule has 2 N–H and O–H groups in total. The topological polar surface area (TPSA) is 98.8 Å². The number of nitrogens with zero attached hydrogens (tertiary/aromatic N) is 1. The van der Waals surface area contributed by atoms with Gasteiger partial charge in [0, 0.05) is 30.1 Å². The molecule has 2 amide bonds. The first-order valence-corrected chi connectivity index (χ1v) is 9.90. The van der Waals surface area contributed by atoms with Crippen molar-refractivity contribution >= 4 is 11.8 Å². The standard InChI is InChI=1S/C22H25N3O5/c1-21(2)29-18-17(12-24-19(26)16-8-10-23-11-9-16)28-14-22(18,30-21)13-25-20(27)15-6-4-3-5-7-15/h3-11,17-18H,12-14H2,1-2H3,(H,24,26)(H,25,27)/t17-,18-,22+/m1/s1. The van der Waals surface area contributed by atoms with E-state index in [0.29, 0.717) is 11.1 Å². The Labute approximate surface area is 174 Å². The summed E-state index contributed by atoms with van der Waals surface area (Å²) in [5, 5.41) is 5.81. The SMILES string of the molecule is CC1(C)O[C@@H]2[C@@H](CNC(=O)c3ccncc3)OC[C@]2(CNC(=O)c2ccccc2)O1. The molecule has 1 aromatic carbocycles. The van der Waals surface area contributed by atoms with Gasteiger partial charge in [-0.3, -0.25) is 14.6 Å². The average Bonchev–Trinajstić information content (AvgIpc) is 3.21. The van der Waals surface area contributed by atoms with Gasteiger partial charge in [0.05, 0.1) is 13.2 Å². The lowest BCUT2D eigenvalue weighted by Gasteiger charge is -2.27. The quantitative estimate of drug-likeness (QED) is 0.748. The first kappa shape index (κ1) is 20.5. The molecule has 0 saturated carbocycles. The molecule has 2 saturated heterocycles. The number of nitrogens with one attached hydrogen (secondary N) is 2. The van der Waals surface area contributed by atoms with E-state index >= 15 is 0 Å². The Bertz CT molecular complexity index is 906. The van der Waals surface area contributed by atoms with Crippen molar-refractivity contribution in [1.29, 1.82) is 0 Å². The van der Waals surface area contributed by atoms with Gasteiger partial charge in [0.1, 0.15) is 17.8 Å². The molecule has 8 nitrogen and oxygen atoms in total. The van der Waals surface area contributed by atoms with Gasteiger partial charge in [-0.05, 0) is 38.1 Å². The van der Waals surface area contributed by atoms with Gasteiger partial charge in [-0.25, -0.2) is 0 Å². The van der Waals surface area contributed by atoms with Gasteiger partial charge >= 0.3 is 0 Å². The second-order valence-corrected chi connectivity index (χ2v) is 7.95. The van der Waals surface area contributed by atoms with Crippen LogP contribution < -0.4 is 10.6 Å². The number of pyridine rings is 1. The van der Waals surface area contributed by atoms with Crippen molar-refractivity contribution in [3.63, 3.8) is 0 Å². The van der Waals surface area contributed by atoms with Crippen LogP contribution in [0.2, 0.25) is 0 Å². The maximum atomic E-state index is 12.5. The summed E-state index contributed by atoms with van der Waals surface area (Å²) in [6.07, 6.45) is 2.31. The Kier molecular flexibility index (Phi) is 5.55. The van der Waals surface area contributed by atoms with E-state index in [0.717, 1.165) is 0 Å². The Hall–Kier alpha value is -2.81. The van der Waals surface area contributed by atoms with Gasteiger partial charge in [-0.2, -0.15) is 0 Å². The molecule has 8 heteroatoms. The third-order valence-corrected chi connectivity index (χ3v) is 5.25. The van der Waals surface area contributed by atoms with Gasteiger partial charge < -0.3 is 24.8 Å². The zero-order valence-electron chi connectivity index (χ0n) is 17.0. The molecule has 2 aliphatic rings. The van der Waals surface area contributed by atoms with Crippen LogP contribution >= 0.6 is 0 Å². The summed E-state index contributed by atoms with van der Waals surface area (Å²) in [6.45, 7) is 4.42. The number of ether oxygens (including phenoxy) is 3. The van der Waals surface area contributed by atoms with Crippen molar-refractivity contribution in [2.75, 3.05) is 19.7 Å². The van der Waals surface area contributed by atoms with E-state index < -0.39 is 23.6 Å². The lowest BCUT2D eigenvalue weighted by atomic mass is 9.96. The van der Waals surface area contributed by atoms with E-state index in [1.165, 1.54) is 0 Å². The third-order valence-electron chi connectivity index (χ3n) is 5.25. The maximum Gasteiger partial charge on any atom is 0.251 e. The van der Waals surface area contributed by atoms with Crippen molar-refractivity contribution in [3.05, 3.63) is 66.0 Å². The molecule has 0 aliphatic carbocycles. The molecule has 2 aliphatic heterocycles. The summed E-state index contributed by atoms with van der Waals surface area (Å²) in [5.41, 5.74) is 0.275. The molecule has 3 heterocycles. The van der Waals surface area contributed by atoms with Crippen molar-refractivity contribution in [2.24, 2.45) is 0 Å². The Balaban J connectivity index is 1.41. The van der Waals surface area contributed by atoms with Crippen molar-refractivity contribution in [2.45, 2.75) is 37.4 Å². The van der Waals surface area contributed by atoms with Crippen LogP contribution in [-0.4, -0.2) is 60.1 Å². The normalized spacial score (nSPS) is 26.7. The predicted octanol–water partition coefficient (Wildman–Crippen LogP) is 1.53. The summed E-state index contributed by atoms with van der Waals surface area (Å²) < 4.78 is 18.2. The van der Waals surface area contributed by atoms with E-state index in [4.69, 9.17) is 14.2 Å². The Morgan fingerprint density at radius 3 is 2.43 bits per heavy atom. The monoisotopic (exact) mass is 411 g/mol. The number of hydrogen-bond acceptors (Lipinski definition) is 6. The van der Waals surface area contributed by atoms with Crippen LogP contribution in [0.15, 0.2) is 54.9 Å². The summed E-state index contributed by atoms with van der Waals surface area (Å²) in [4.78, 5) is 28.8. The molecular weight excluding hydrogens is 386 g/mol. The highest BCUT2D eigenvalue weighted by molar-refractivity contribution is 5.94. The van der Waals surface area contributed by atoms with E-state index in [2.05, 4.69) is 15.6 Å². The van der Waals surface area contributed by atoms with Gasteiger partial charge in [-0.15, -0.1) is 0 Å². The number of fused-ring (bicyclic) bond motifs is 1. The number of hydrogen-bond donors (Lipinski definition) is 2. The molecule has 0 unspecified atom stereocenters. The minimum absolute atomic E-state index is 0.188. The number of amides is 2. The number of carbonyl (C=O) groups is 2. The summed E-state index contributed by atoms with van der Waals surface area (Å²) in [5.74, 6) is -1.22. The average molecular weight is 411 g/mol. The molecule has 158 valence electrons. The fourth-order valence-corrected chi connectivity index (χ4v) is 3.92. The van der Waals surface area contributed by atoms with Gasteiger partial charge in [0.2, 0.25) is 0 Å². The largest absolute Gasteiger partial charge is 0.370 e. The van der Waals surface area contributed by atoms with E-state index in [-0.39, 0.29) is 31.5 Å². The maximum absolute atomic E-state index is 12.5. The molecule has 0 bridgehead atoms. The molecule has 0 radical (unpaired) electrons. The fraction of sp³-hybridized carbons (Fsp3) is 0.409. The van der Waals surface area contributed by atoms with Crippen molar-refractivity contribution < 1.29 is 23.8 Å². The molecule has 1 aromatic heterocycles. The van der Waals surface area contributed by atoms with Crippen LogP contribution in [0.1, 0.15) is 34.6 Å². The minimum atomic E-state index is -0.820. The van der Waals surface area contributed by atoms with Crippen LogP contribution in [0.3, 0.4) is 0 Å². The minimum Gasteiger partial charge on any atom is -0.370 e. The fourth-order valence-electron chi connectivity index (χ4n) is 3.92. The molecule has 2 fully saturated rings. The van der Waals surface area contributed by atoms with Gasteiger partial charge in [0.25, 0.3) is 11.8 Å². The predicted molar refractivity (Wildman–Crippen MR) is 108 cm³/mol. The Morgan fingerprint density at radius 1 is 1.03 bits per heavy atom. The van der Waals surface area contributed by atoms with Crippen LogP contribution in [0.25, 0.3) is 0 Å². The smallest absolute Gasteiger partial charge is 0.251 e. The van der Waals surface area contributed by atoms with E-state index in [1.54, 1.807) is 36.7 Å². The summed E-state index contributed by atoms with van der Waals surface area (Å²) in [6, 6.07) is 12.3. The van der Waals surface area contributed by atoms with Gasteiger partial charge in [-0.1, -0.05) is 18.2 Å². The molecule has 30 heavy (non-hydrogen) atoms. The highest BCUT2D eigenvalue weighted by Gasteiger charge is 2.60. The highest BCUT2D eigenvalue weighted by Crippen LogP contribution is 2.43. The third kappa shape index (κ3) is 4.21. The first-order chi connectivity index (χ1) is 14.4. The summed E-state index contributed by atoms with van der Waals surface area (Å²) >= 11 is 0. The van der Waals surface area contributed by atoms with E-state index in [1.807, 2.05) is 32.0 Å². The number of carbonyl (C=O) groups excluding carboxylic acids is 2. The van der Waals surface area contributed by atoms with Crippen LogP contribution in [0.4, 0.5) is 0 Å². The number of benzene rings is 1. The molecule has 2 aromatic rings. The lowest BCUT2D eigenvalue weighted by Crippen LogP contribution is -2.52.